The first-order chi connectivity index (χ1) is 17.5. The number of aromatic amines is 1. The number of fused-ring (bicyclic) bond motifs is 1. The van der Waals surface area contributed by atoms with E-state index in [1.165, 1.54) is 42.7 Å². The summed E-state index contributed by atoms with van der Waals surface area (Å²) in [5.74, 6) is 0.957. The van der Waals surface area contributed by atoms with Crippen LogP contribution in [0.3, 0.4) is 0 Å². The Balaban J connectivity index is 1.99. The van der Waals surface area contributed by atoms with Gasteiger partial charge in [0.15, 0.2) is 23.0 Å². The summed E-state index contributed by atoms with van der Waals surface area (Å²) in [5, 5.41) is 25.7. The molecule has 11 nitrogen and oxygen atoms in total. The van der Waals surface area contributed by atoms with Gasteiger partial charge in [-0.1, -0.05) is 0 Å². The molecule has 0 fully saturated rings. The quantitative estimate of drug-likeness (QED) is 0.479. The van der Waals surface area contributed by atoms with Crippen molar-refractivity contribution >= 4 is 5.90 Å². The fourth-order valence-corrected chi connectivity index (χ4v) is 4.40. The molecular formula is C25H26N4O7. The van der Waals surface area contributed by atoms with Gasteiger partial charge < -0.3 is 33.2 Å². The summed E-state index contributed by atoms with van der Waals surface area (Å²) < 4.78 is 38.6. The van der Waals surface area contributed by atoms with Crippen LogP contribution >= 0.6 is 0 Å². The molecular weight excluding hydrogens is 468 g/mol. The number of H-pyrrole nitrogens is 1. The van der Waals surface area contributed by atoms with Gasteiger partial charge in [0, 0.05) is 11.5 Å². The Kier molecular flexibility index (Phi) is 6.78. The zero-order valence-electron chi connectivity index (χ0n) is 20.7. The fourth-order valence-electron chi connectivity index (χ4n) is 4.40. The molecule has 11 heteroatoms. The summed E-state index contributed by atoms with van der Waals surface area (Å²) in [4.78, 5) is 0. The molecule has 0 radical (unpaired) electrons. The van der Waals surface area contributed by atoms with E-state index in [1.807, 2.05) is 0 Å². The second-order valence-corrected chi connectivity index (χ2v) is 7.74. The molecule has 0 saturated heterocycles. The highest BCUT2D eigenvalue weighted by molar-refractivity contribution is 5.87. The molecule has 1 aliphatic heterocycles. The van der Waals surface area contributed by atoms with E-state index in [0.29, 0.717) is 56.9 Å². The van der Waals surface area contributed by atoms with E-state index in [1.54, 1.807) is 24.3 Å². The molecule has 2 N–H and O–H groups in total. The highest BCUT2D eigenvalue weighted by Crippen LogP contribution is 2.50. The van der Waals surface area contributed by atoms with Gasteiger partial charge in [0.05, 0.1) is 60.0 Å². The van der Waals surface area contributed by atoms with Crippen LogP contribution in [0.15, 0.2) is 24.3 Å². The third kappa shape index (κ3) is 3.86. The van der Waals surface area contributed by atoms with Crippen molar-refractivity contribution in [2.24, 2.45) is 5.92 Å². The maximum Gasteiger partial charge on any atom is 0.244 e. The van der Waals surface area contributed by atoms with Crippen LogP contribution in [0, 0.1) is 22.7 Å². The Labute approximate surface area is 207 Å². The molecule has 0 spiro atoms. The Morgan fingerprint density at radius 1 is 0.833 bits per heavy atom. The molecule has 0 amide bonds. The summed E-state index contributed by atoms with van der Waals surface area (Å²) in [6.07, 6.45) is 0. The van der Waals surface area contributed by atoms with Crippen molar-refractivity contribution in [3.63, 3.8) is 0 Å². The fraction of sp³-hybridized carbons (Fsp3) is 0.320. The number of aromatic nitrogens is 2. The molecule has 3 aromatic rings. The highest BCUT2D eigenvalue weighted by atomic mass is 16.5. The Morgan fingerprint density at radius 3 is 1.78 bits per heavy atom. The summed E-state index contributed by atoms with van der Waals surface area (Å²) in [5.41, 5.74) is 2.46. The van der Waals surface area contributed by atoms with Crippen LogP contribution in [-0.2, 0) is 0 Å². The molecule has 0 saturated carbocycles. The number of ether oxygens (including phenoxy) is 7. The summed E-state index contributed by atoms with van der Waals surface area (Å²) in [6, 6.07) is 9.25. The first kappa shape index (κ1) is 24.5. The maximum atomic E-state index is 10.1. The average molecular weight is 495 g/mol. The lowest BCUT2D eigenvalue weighted by atomic mass is 9.78. The monoisotopic (exact) mass is 494 g/mol. The van der Waals surface area contributed by atoms with Crippen molar-refractivity contribution in [2.75, 3.05) is 42.7 Å². The second-order valence-electron chi connectivity index (χ2n) is 7.74. The standard InChI is InChI=1S/C25H26N4O7/c1-30-15-7-12(8-16(31-2)22(15)34-5)19-14(11-26)24(27)36-25-20(19)21(28-29-25)13-9-17(32-3)23(35-6)18(10-13)33-4/h7-10,14,19,27H,1-6H3,(H,28,29). The Bertz CT molecular complexity index is 1290. The molecule has 0 aliphatic carbocycles. The topological polar surface area (TPSA) is 141 Å². The summed E-state index contributed by atoms with van der Waals surface area (Å²) >= 11 is 0. The van der Waals surface area contributed by atoms with Crippen molar-refractivity contribution in [3.8, 4) is 57.7 Å². The Morgan fingerprint density at radius 2 is 1.33 bits per heavy atom. The van der Waals surface area contributed by atoms with Crippen LogP contribution in [0.5, 0.6) is 40.4 Å². The van der Waals surface area contributed by atoms with Crippen LogP contribution in [0.4, 0.5) is 0 Å². The normalized spacial score (nSPS) is 16.3. The number of nitrogens with zero attached hydrogens (tertiary/aromatic N) is 2. The average Bonchev–Trinajstić information content (AvgIpc) is 3.33. The van der Waals surface area contributed by atoms with E-state index in [9.17, 15) is 5.26 Å². The predicted octanol–water partition coefficient (Wildman–Crippen LogP) is 3.77. The van der Waals surface area contributed by atoms with Crippen molar-refractivity contribution in [1.82, 2.24) is 10.2 Å². The molecule has 2 atom stereocenters. The highest BCUT2D eigenvalue weighted by Gasteiger charge is 2.42. The number of rotatable bonds is 8. The number of hydrogen-bond donors (Lipinski definition) is 2. The minimum atomic E-state index is -0.946. The molecule has 1 aliphatic rings. The van der Waals surface area contributed by atoms with Crippen LogP contribution < -0.4 is 33.2 Å². The molecule has 2 aromatic carbocycles. The molecule has 1 aromatic heterocycles. The third-order valence-electron chi connectivity index (χ3n) is 6.04. The van der Waals surface area contributed by atoms with Gasteiger partial charge >= 0.3 is 0 Å². The zero-order valence-corrected chi connectivity index (χ0v) is 20.7. The number of benzene rings is 2. The van der Waals surface area contributed by atoms with Gasteiger partial charge in [0.1, 0.15) is 5.92 Å². The zero-order chi connectivity index (χ0) is 26.0. The van der Waals surface area contributed by atoms with Crippen LogP contribution in [0.1, 0.15) is 17.0 Å². The van der Waals surface area contributed by atoms with Gasteiger partial charge in [0.2, 0.25) is 23.3 Å². The van der Waals surface area contributed by atoms with E-state index in [-0.39, 0.29) is 11.8 Å². The smallest absolute Gasteiger partial charge is 0.244 e. The van der Waals surface area contributed by atoms with Crippen molar-refractivity contribution < 1.29 is 33.2 Å². The van der Waals surface area contributed by atoms with Crippen LogP contribution in [-0.4, -0.2) is 58.8 Å². The second kappa shape index (κ2) is 9.95. The van der Waals surface area contributed by atoms with Crippen molar-refractivity contribution in [1.29, 1.82) is 10.7 Å². The number of hydrogen-bond acceptors (Lipinski definition) is 10. The van der Waals surface area contributed by atoms with Crippen LogP contribution in [0.2, 0.25) is 0 Å². The van der Waals surface area contributed by atoms with Crippen molar-refractivity contribution in [2.45, 2.75) is 5.92 Å². The lowest BCUT2D eigenvalue weighted by molar-refractivity contribution is 0.323. The molecule has 2 unspecified atom stereocenters. The SMILES string of the molecule is COc1cc(-c2[nH]nc3c2C(c2cc(OC)c(OC)c(OC)c2)C(C#N)C(=N)O3)cc(OC)c1OC. The number of nitriles is 1. The van der Waals surface area contributed by atoms with Gasteiger partial charge in [0.25, 0.3) is 0 Å². The van der Waals surface area contributed by atoms with Crippen LogP contribution in [0.25, 0.3) is 11.3 Å². The largest absolute Gasteiger partial charge is 0.493 e. The summed E-state index contributed by atoms with van der Waals surface area (Å²) in [7, 11) is 9.12. The Hall–Kier alpha value is -4.59. The van der Waals surface area contributed by atoms with E-state index in [2.05, 4.69) is 16.3 Å². The minimum absolute atomic E-state index is 0.189. The van der Waals surface area contributed by atoms with E-state index in [0.717, 1.165) is 0 Å². The third-order valence-corrected chi connectivity index (χ3v) is 6.04. The molecule has 36 heavy (non-hydrogen) atoms. The molecule has 4 rings (SSSR count). The molecule has 2 heterocycles. The first-order valence-corrected chi connectivity index (χ1v) is 10.8. The number of methoxy groups -OCH3 is 6. The lowest BCUT2D eigenvalue weighted by Crippen LogP contribution is -2.31. The van der Waals surface area contributed by atoms with E-state index in [4.69, 9.17) is 38.6 Å². The number of nitrogens with one attached hydrogen (secondary N) is 2. The van der Waals surface area contributed by atoms with Gasteiger partial charge in [-0.05, 0) is 29.8 Å². The van der Waals surface area contributed by atoms with Gasteiger partial charge in [-0.15, -0.1) is 5.10 Å². The van der Waals surface area contributed by atoms with Gasteiger partial charge in [-0.2, -0.15) is 5.26 Å². The molecule has 0 bridgehead atoms. The minimum Gasteiger partial charge on any atom is -0.493 e. The maximum absolute atomic E-state index is 10.1. The van der Waals surface area contributed by atoms with Gasteiger partial charge in [-0.25, -0.2) is 0 Å². The van der Waals surface area contributed by atoms with Gasteiger partial charge in [-0.3, -0.25) is 10.5 Å². The predicted molar refractivity (Wildman–Crippen MR) is 129 cm³/mol. The summed E-state index contributed by atoms with van der Waals surface area (Å²) in [6.45, 7) is 0. The van der Waals surface area contributed by atoms with E-state index >= 15 is 0 Å². The van der Waals surface area contributed by atoms with Crippen molar-refractivity contribution in [3.05, 3.63) is 35.4 Å². The lowest BCUT2D eigenvalue weighted by Gasteiger charge is -2.29. The first-order valence-electron chi connectivity index (χ1n) is 10.8. The molecule has 188 valence electrons. The van der Waals surface area contributed by atoms with E-state index < -0.39 is 11.8 Å².